The molecule has 7 nitrogen and oxygen atoms in total. The summed E-state index contributed by atoms with van der Waals surface area (Å²) < 4.78 is 45.1. The Kier molecular flexibility index (Phi) is 7.17. The number of amides is 1. The van der Waals surface area contributed by atoms with Gasteiger partial charge in [-0.1, -0.05) is 18.9 Å². The molecule has 0 atom stereocenters. The Morgan fingerprint density at radius 2 is 1.67 bits per heavy atom. The maximum Gasteiger partial charge on any atom is 0.338 e. The number of nitrogens with zero attached hydrogens (tertiary/aromatic N) is 1. The van der Waals surface area contributed by atoms with E-state index in [1.807, 2.05) is 0 Å². The fourth-order valence-electron chi connectivity index (χ4n) is 3.17. The van der Waals surface area contributed by atoms with E-state index < -0.39 is 34.3 Å². The molecule has 0 aliphatic carbocycles. The highest BCUT2D eigenvalue weighted by atomic mass is 32.2. The molecule has 1 N–H and O–H groups in total. The molecule has 1 aliphatic rings. The van der Waals surface area contributed by atoms with Gasteiger partial charge in [0.2, 0.25) is 10.0 Å². The van der Waals surface area contributed by atoms with Crippen LogP contribution in [-0.2, 0) is 19.6 Å². The third-order valence-electron chi connectivity index (χ3n) is 4.74. The molecule has 1 saturated heterocycles. The van der Waals surface area contributed by atoms with Gasteiger partial charge in [-0.25, -0.2) is 17.6 Å². The van der Waals surface area contributed by atoms with Crippen molar-refractivity contribution in [3.63, 3.8) is 0 Å². The average Bonchev–Trinajstić information content (AvgIpc) is 3.02. The molecule has 160 valence electrons. The van der Waals surface area contributed by atoms with E-state index in [0.29, 0.717) is 13.1 Å². The molecule has 2 aromatic carbocycles. The topological polar surface area (TPSA) is 92.8 Å². The van der Waals surface area contributed by atoms with Crippen molar-refractivity contribution in [2.75, 3.05) is 25.0 Å². The van der Waals surface area contributed by atoms with Gasteiger partial charge in [-0.2, -0.15) is 4.31 Å². The van der Waals surface area contributed by atoms with Crippen molar-refractivity contribution in [2.24, 2.45) is 0 Å². The zero-order valence-corrected chi connectivity index (χ0v) is 17.2. The number of rotatable bonds is 6. The highest BCUT2D eigenvalue weighted by molar-refractivity contribution is 7.89. The third-order valence-corrected chi connectivity index (χ3v) is 6.65. The minimum Gasteiger partial charge on any atom is -0.452 e. The SMILES string of the molecule is O=C(COC(=O)c1ccc(S(=O)(=O)N2CCCCCC2)cc1)Nc1cccc(F)c1. The first-order valence-electron chi connectivity index (χ1n) is 9.69. The van der Waals surface area contributed by atoms with Crippen LogP contribution in [0.25, 0.3) is 0 Å². The van der Waals surface area contributed by atoms with Crippen molar-refractivity contribution in [1.82, 2.24) is 4.31 Å². The molecule has 9 heteroatoms. The van der Waals surface area contributed by atoms with Crippen molar-refractivity contribution in [3.8, 4) is 0 Å². The number of nitrogens with one attached hydrogen (secondary N) is 1. The predicted octanol–water partition coefficient (Wildman–Crippen LogP) is 3.19. The molecule has 0 bridgehead atoms. The lowest BCUT2D eigenvalue weighted by Gasteiger charge is -2.19. The molecule has 1 amide bonds. The Labute approximate surface area is 174 Å². The van der Waals surface area contributed by atoms with Crippen molar-refractivity contribution < 1.29 is 27.1 Å². The molecule has 0 unspecified atom stereocenters. The molecule has 2 aromatic rings. The number of carbonyl (C=O) groups is 2. The summed E-state index contributed by atoms with van der Waals surface area (Å²) in [4.78, 5) is 24.1. The third kappa shape index (κ3) is 5.64. The van der Waals surface area contributed by atoms with Crippen LogP contribution in [0.2, 0.25) is 0 Å². The van der Waals surface area contributed by atoms with Crippen molar-refractivity contribution >= 4 is 27.6 Å². The second-order valence-corrected chi connectivity index (χ2v) is 8.92. The van der Waals surface area contributed by atoms with E-state index in [1.165, 1.54) is 46.8 Å². The monoisotopic (exact) mass is 434 g/mol. The van der Waals surface area contributed by atoms with Crippen LogP contribution in [0.3, 0.4) is 0 Å². The van der Waals surface area contributed by atoms with Gasteiger partial charge in [0.05, 0.1) is 10.5 Å². The average molecular weight is 434 g/mol. The van der Waals surface area contributed by atoms with Gasteiger partial charge < -0.3 is 10.1 Å². The van der Waals surface area contributed by atoms with Crippen LogP contribution in [0.4, 0.5) is 10.1 Å². The van der Waals surface area contributed by atoms with Gasteiger partial charge in [-0.05, 0) is 55.3 Å². The first-order valence-corrected chi connectivity index (χ1v) is 11.1. The quantitative estimate of drug-likeness (QED) is 0.705. The number of anilines is 1. The number of sulfonamides is 1. The van der Waals surface area contributed by atoms with Crippen LogP contribution in [0.5, 0.6) is 0 Å². The number of halogens is 1. The number of esters is 1. The van der Waals surface area contributed by atoms with Gasteiger partial charge in [0, 0.05) is 18.8 Å². The number of ether oxygens (including phenoxy) is 1. The second-order valence-electron chi connectivity index (χ2n) is 6.98. The number of carbonyl (C=O) groups excluding carboxylic acids is 2. The van der Waals surface area contributed by atoms with Crippen LogP contribution < -0.4 is 5.32 Å². The molecule has 1 heterocycles. The van der Waals surface area contributed by atoms with E-state index in [1.54, 1.807) is 0 Å². The zero-order chi connectivity index (χ0) is 21.6. The van der Waals surface area contributed by atoms with Gasteiger partial charge >= 0.3 is 5.97 Å². The second kappa shape index (κ2) is 9.82. The summed E-state index contributed by atoms with van der Waals surface area (Å²) in [5, 5.41) is 2.42. The van der Waals surface area contributed by atoms with E-state index in [-0.39, 0.29) is 16.1 Å². The first kappa shape index (κ1) is 21.9. The van der Waals surface area contributed by atoms with E-state index >= 15 is 0 Å². The van der Waals surface area contributed by atoms with Crippen molar-refractivity contribution in [3.05, 3.63) is 59.9 Å². The Morgan fingerprint density at radius 1 is 1.00 bits per heavy atom. The summed E-state index contributed by atoms with van der Waals surface area (Å²) in [6.07, 6.45) is 3.70. The lowest BCUT2D eigenvalue weighted by Crippen LogP contribution is -2.31. The first-order chi connectivity index (χ1) is 14.4. The maximum atomic E-state index is 13.1. The Hall–Kier alpha value is -2.78. The highest BCUT2D eigenvalue weighted by Crippen LogP contribution is 2.21. The Balaban J connectivity index is 1.57. The summed E-state index contributed by atoms with van der Waals surface area (Å²) in [7, 11) is -3.61. The molecule has 30 heavy (non-hydrogen) atoms. The van der Waals surface area contributed by atoms with E-state index in [9.17, 15) is 22.4 Å². The molecule has 0 spiro atoms. The molecular weight excluding hydrogens is 411 g/mol. The number of hydrogen-bond donors (Lipinski definition) is 1. The summed E-state index contributed by atoms with van der Waals surface area (Å²) in [5.74, 6) is -1.88. The largest absolute Gasteiger partial charge is 0.452 e. The van der Waals surface area contributed by atoms with Crippen molar-refractivity contribution in [2.45, 2.75) is 30.6 Å². The Morgan fingerprint density at radius 3 is 2.30 bits per heavy atom. The summed E-state index contributed by atoms with van der Waals surface area (Å²) in [6.45, 7) is 0.433. The minimum absolute atomic E-state index is 0.116. The zero-order valence-electron chi connectivity index (χ0n) is 16.3. The van der Waals surface area contributed by atoms with Gasteiger partial charge in [0.25, 0.3) is 5.91 Å². The number of benzene rings is 2. The summed E-state index contributed by atoms with van der Waals surface area (Å²) in [5.41, 5.74) is 0.377. The maximum absolute atomic E-state index is 13.1. The fourth-order valence-corrected chi connectivity index (χ4v) is 4.69. The highest BCUT2D eigenvalue weighted by Gasteiger charge is 2.25. The normalized spacial score (nSPS) is 15.2. The fraction of sp³-hybridized carbons (Fsp3) is 0.333. The molecule has 0 radical (unpaired) electrons. The molecule has 1 aliphatic heterocycles. The molecule has 0 aromatic heterocycles. The Bertz CT molecular complexity index is 1000. The molecule has 1 fully saturated rings. The van der Waals surface area contributed by atoms with E-state index in [2.05, 4.69) is 5.32 Å². The molecular formula is C21H23FN2O5S. The van der Waals surface area contributed by atoms with Crippen LogP contribution in [0.1, 0.15) is 36.0 Å². The van der Waals surface area contributed by atoms with Crippen LogP contribution >= 0.6 is 0 Å². The van der Waals surface area contributed by atoms with Gasteiger partial charge in [-0.3, -0.25) is 4.79 Å². The summed E-state index contributed by atoms with van der Waals surface area (Å²) in [6, 6.07) is 10.8. The lowest BCUT2D eigenvalue weighted by molar-refractivity contribution is -0.119. The predicted molar refractivity (Wildman–Crippen MR) is 109 cm³/mol. The van der Waals surface area contributed by atoms with Gasteiger partial charge in [0.15, 0.2) is 6.61 Å². The van der Waals surface area contributed by atoms with Crippen molar-refractivity contribution in [1.29, 1.82) is 0 Å². The smallest absolute Gasteiger partial charge is 0.338 e. The van der Waals surface area contributed by atoms with Crippen LogP contribution in [-0.4, -0.2) is 44.3 Å². The molecule has 0 saturated carbocycles. The van der Waals surface area contributed by atoms with E-state index in [0.717, 1.165) is 31.7 Å². The van der Waals surface area contributed by atoms with Crippen LogP contribution in [0.15, 0.2) is 53.4 Å². The van der Waals surface area contributed by atoms with Crippen LogP contribution in [0, 0.1) is 5.82 Å². The number of hydrogen-bond acceptors (Lipinski definition) is 5. The molecule has 3 rings (SSSR count). The minimum atomic E-state index is -3.61. The standard InChI is InChI=1S/C21H23FN2O5S/c22-17-6-5-7-18(14-17)23-20(25)15-29-21(26)16-8-10-19(11-9-16)30(27,28)24-12-3-1-2-4-13-24/h5-11,14H,1-4,12-13,15H2,(H,23,25). The lowest BCUT2D eigenvalue weighted by atomic mass is 10.2. The van der Waals surface area contributed by atoms with E-state index in [4.69, 9.17) is 4.74 Å². The van der Waals surface area contributed by atoms with Gasteiger partial charge in [0.1, 0.15) is 5.82 Å². The summed E-state index contributed by atoms with van der Waals surface area (Å²) >= 11 is 0. The van der Waals surface area contributed by atoms with Gasteiger partial charge in [-0.15, -0.1) is 0 Å².